The van der Waals surface area contributed by atoms with Crippen LogP contribution < -0.4 is 4.74 Å². The smallest absolute Gasteiger partial charge is 0.416 e. The zero-order chi connectivity index (χ0) is 29.6. The molecule has 1 aliphatic heterocycles. The fourth-order valence-electron chi connectivity index (χ4n) is 4.27. The van der Waals surface area contributed by atoms with Crippen LogP contribution in [-0.2, 0) is 27.8 Å². The molecule has 2 atom stereocenters. The Kier molecular flexibility index (Phi) is 9.84. The van der Waals surface area contributed by atoms with Crippen LogP contribution in [-0.4, -0.2) is 57.0 Å². The Morgan fingerprint density at radius 1 is 1.15 bits per heavy atom. The molecule has 0 radical (unpaired) electrons. The van der Waals surface area contributed by atoms with Crippen LogP contribution in [0.25, 0.3) is 6.08 Å². The van der Waals surface area contributed by atoms with Crippen molar-refractivity contribution in [3.05, 3.63) is 95.6 Å². The normalized spacial score (nSPS) is 20.4. The molecule has 0 amide bonds. The molecule has 2 aromatic carbocycles. The molecular weight excluding hydrogens is 569 g/mol. The first-order chi connectivity index (χ1) is 19.5. The van der Waals surface area contributed by atoms with E-state index in [-0.39, 0.29) is 36.3 Å². The second-order valence-corrected chi connectivity index (χ2v) is 10.9. The molecule has 220 valence electrons. The van der Waals surface area contributed by atoms with Crippen molar-refractivity contribution in [3.63, 3.8) is 0 Å². The first-order valence-electron chi connectivity index (χ1n) is 12.5. The lowest BCUT2D eigenvalue weighted by molar-refractivity contribution is -0.146. The third-order valence-electron chi connectivity index (χ3n) is 6.44. The first kappa shape index (κ1) is 30.7. The average molecular weight is 598 g/mol. The lowest BCUT2D eigenvalue weighted by atomic mass is 9.90. The zero-order valence-electron chi connectivity index (χ0n) is 22.1. The predicted octanol–water partition coefficient (Wildman–Crippen LogP) is 5.60. The van der Waals surface area contributed by atoms with Gasteiger partial charge in [-0.05, 0) is 24.3 Å². The van der Waals surface area contributed by atoms with Crippen molar-refractivity contribution in [1.29, 1.82) is 0 Å². The van der Waals surface area contributed by atoms with Gasteiger partial charge in [-0.25, -0.2) is 18.4 Å². The Morgan fingerprint density at radius 3 is 2.54 bits per heavy atom. The van der Waals surface area contributed by atoms with Gasteiger partial charge in [-0.15, -0.1) is 11.8 Å². The van der Waals surface area contributed by atoms with Crippen LogP contribution in [0.4, 0.5) is 22.0 Å². The summed E-state index contributed by atoms with van der Waals surface area (Å²) in [5.41, 5.74) is -2.15. The Morgan fingerprint density at radius 2 is 1.90 bits per heavy atom. The van der Waals surface area contributed by atoms with Crippen LogP contribution in [0.2, 0.25) is 0 Å². The summed E-state index contributed by atoms with van der Waals surface area (Å²) < 4.78 is 85.1. The molecule has 1 aliphatic rings. The van der Waals surface area contributed by atoms with E-state index >= 15 is 0 Å². The Balaban J connectivity index is 1.35. The third kappa shape index (κ3) is 7.73. The summed E-state index contributed by atoms with van der Waals surface area (Å²) in [5.74, 6) is -1.53. The maximum Gasteiger partial charge on any atom is 0.416 e. The van der Waals surface area contributed by atoms with Gasteiger partial charge in [-0.3, -0.25) is 0 Å². The van der Waals surface area contributed by atoms with Crippen LogP contribution >= 0.6 is 11.8 Å². The topological polar surface area (TPSA) is 78.6 Å². The summed E-state index contributed by atoms with van der Waals surface area (Å²) in [7, 11) is 1.30. The van der Waals surface area contributed by atoms with Gasteiger partial charge in [0.1, 0.15) is 35.6 Å². The van der Waals surface area contributed by atoms with E-state index in [1.54, 1.807) is 31.2 Å². The standard InChI is InChI=1S/C28H28F5N3O4S/c1-18(27(37,15-36-17-34-16-35-36)23-10-9-21(29)12-24(23)30)41-22-13-39-26(40-14-22)6-4-3-5-19-7-8-20(28(31,32)33)11-25(19)38-2/h3-12,16-18,22,26,37H,13-15H2,1-2H3/b5-3+,6-4+/t18-,22?,26?,27-/m1/s1. The van der Waals surface area contributed by atoms with Gasteiger partial charge in [0.05, 0.1) is 37.7 Å². The van der Waals surface area contributed by atoms with Gasteiger partial charge in [0.15, 0.2) is 6.29 Å². The number of benzene rings is 2. The summed E-state index contributed by atoms with van der Waals surface area (Å²) in [6, 6.07) is 6.28. The number of hydrogen-bond acceptors (Lipinski definition) is 7. The lowest BCUT2D eigenvalue weighted by Crippen LogP contribution is -2.43. The van der Waals surface area contributed by atoms with Crippen LogP contribution in [0, 0.1) is 11.6 Å². The molecule has 41 heavy (non-hydrogen) atoms. The van der Waals surface area contributed by atoms with Crippen molar-refractivity contribution in [1.82, 2.24) is 14.8 Å². The summed E-state index contributed by atoms with van der Waals surface area (Å²) in [6.07, 6.45) is 4.08. The van der Waals surface area contributed by atoms with Crippen molar-refractivity contribution in [2.75, 3.05) is 20.3 Å². The number of halogens is 5. The molecule has 7 nitrogen and oxygen atoms in total. The summed E-state index contributed by atoms with van der Waals surface area (Å²) in [5, 5.41) is 14.9. The molecule has 0 bridgehead atoms. The van der Waals surface area contributed by atoms with E-state index < -0.39 is 40.5 Å². The molecule has 1 fully saturated rings. The van der Waals surface area contributed by atoms with Crippen molar-refractivity contribution in [3.8, 4) is 5.75 Å². The minimum Gasteiger partial charge on any atom is -0.496 e. The number of hydrogen-bond donors (Lipinski definition) is 1. The maximum atomic E-state index is 14.8. The quantitative estimate of drug-likeness (QED) is 0.241. The summed E-state index contributed by atoms with van der Waals surface area (Å²) >= 11 is 1.34. The van der Waals surface area contributed by atoms with Gasteiger partial charge >= 0.3 is 6.18 Å². The number of aliphatic hydroxyl groups is 1. The molecule has 0 saturated carbocycles. The molecule has 0 aliphatic carbocycles. The monoisotopic (exact) mass is 597 g/mol. The zero-order valence-corrected chi connectivity index (χ0v) is 22.9. The SMILES string of the molecule is COc1cc(C(F)(F)F)ccc1/C=C/C=C/C1OCC(S[C@H](C)[C@](O)(Cn2cncn2)c2ccc(F)cc2F)CO1. The number of methoxy groups -OCH3 is 1. The Bertz CT molecular complexity index is 1360. The van der Waals surface area contributed by atoms with E-state index in [0.29, 0.717) is 5.56 Å². The van der Waals surface area contributed by atoms with Gasteiger partial charge in [0.2, 0.25) is 0 Å². The number of thioether (sulfide) groups is 1. The minimum absolute atomic E-state index is 0.0654. The lowest BCUT2D eigenvalue weighted by Gasteiger charge is -2.37. The molecule has 2 heterocycles. The number of ether oxygens (including phenoxy) is 3. The molecule has 3 aromatic rings. The molecule has 1 N–H and O–H groups in total. The molecule has 0 spiro atoms. The highest BCUT2D eigenvalue weighted by Crippen LogP contribution is 2.39. The number of rotatable bonds is 10. The van der Waals surface area contributed by atoms with Crippen molar-refractivity contribution in [2.24, 2.45) is 0 Å². The van der Waals surface area contributed by atoms with Gasteiger partial charge in [-0.2, -0.15) is 18.3 Å². The van der Waals surface area contributed by atoms with Gasteiger partial charge in [0.25, 0.3) is 0 Å². The second kappa shape index (κ2) is 13.1. The Labute approximate surface area is 237 Å². The first-order valence-corrected chi connectivity index (χ1v) is 13.4. The van der Waals surface area contributed by atoms with Crippen molar-refractivity contribution >= 4 is 17.8 Å². The Hall–Kier alpha value is -3.26. The summed E-state index contributed by atoms with van der Waals surface area (Å²) in [6.45, 7) is 2.16. The molecule has 1 saturated heterocycles. The van der Waals surface area contributed by atoms with Gasteiger partial charge in [-0.1, -0.05) is 37.3 Å². The van der Waals surface area contributed by atoms with Gasteiger partial charge in [0, 0.05) is 22.4 Å². The minimum atomic E-state index is -4.47. The molecule has 13 heteroatoms. The average Bonchev–Trinajstić information content (AvgIpc) is 3.44. The second-order valence-electron chi connectivity index (χ2n) is 9.28. The van der Waals surface area contributed by atoms with E-state index in [2.05, 4.69) is 10.1 Å². The van der Waals surface area contributed by atoms with Crippen molar-refractivity contribution < 1.29 is 41.3 Å². The van der Waals surface area contributed by atoms with Crippen LogP contribution in [0.1, 0.15) is 23.6 Å². The highest BCUT2D eigenvalue weighted by Gasteiger charge is 2.41. The molecule has 4 rings (SSSR count). The predicted molar refractivity (Wildman–Crippen MR) is 143 cm³/mol. The molecule has 0 unspecified atom stereocenters. The van der Waals surface area contributed by atoms with E-state index in [0.717, 1.165) is 24.3 Å². The fraction of sp³-hybridized carbons (Fsp3) is 0.357. The van der Waals surface area contributed by atoms with Crippen LogP contribution in [0.3, 0.4) is 0 Å². The van der Waals surface area contributed by atoms with Crippen LogP contribution in [0.5, 0.6) is 5.75 Å². The fourth-order valence-corrected chi connectivity index (χ4v) is 5.58. The van der Waals surface area contributed by atoms with E-state index in [9.17, 15) is 27.1 Å². The van der Waals surface area contributed by atoms with E-state index in [1.807, 2.05) is 0 Å². The number of alkyl halides is 3. The third-order valence-corrected chi connectivity index (χ3v) is 7.90. The molecule has 1 aromatic heterocycles. The number of allylic oxidation sites excluding steroid dienone is 2. The van der Waals surface area contributed by atoms with E-state index in [4.69, 9.17) is 14.2 Å². The maximum absolute atomic E-state index is 14.8. The van der Waals surface area contributed by atoms with Crippen molar-refractivity contribution in [2.45, 2.75) is 42.0 Å². The molecular formula is C28H28F5N3O4S. The largest absolute Gasteiger partial charge is 0.496 e. The van der Waals surface area contributed by atoms with Gasteiger partial charge < -0.3 is 19.3 Å². The van der Waals surface area contributed by atoms with E-state index in [1.165, 1.54) is 48.3 Å². The number of nitrogens with zero attached hydrogens (tertiary/aromatic N) is 3. The highest BCUT2D eigenvalue weighted by molar-refractivity contribution is 8.00. The highest BCUT2D eigenvalue weighted by atomic mass is 32.2. The van der Waals surface area contributed by atoms with Crippen LogP contribution in [0.15, 0.2) is 67.3 Å². The number of aromatic nitrogens is 3. The summed E-state index contributed by atoms with van der Waals surface area (Å²) in [4.78, 5) is 3.87.